The zero-order valence-corrected chi connectivity index (χ0v) is 12.2. The van der Waals surface area contributed by atoms with Crippen LogP contribution in [0.15, 0.2) is 18.2 Å². The van der Waals surface area contributed by atoms with Crippen molar-refractivity contribution < 1.29 is 4.74 Å². The molecule has 0 radical (unpaired) electrons. The second-order valence-electron chi connectivity index (χ2n) is 3.65. The Hall–Kier alpha value is -2.08. The minimum Gasteiger partial charge on any atom is -0.496 e. The average molecular weight is 367 g/mol. The molecule has 0 amide bonds. The molecule has 0 atom stereocenters. The molecular formula is C12H10IN5O. The first-order valence-corrected chi connectivity index (χ1v) is 6.31. The van der Waals surface area contributed by atoms with E-state index in [1.807, 2.05) is 18.2 Å². The van der Waals surface area contributed by atoms with Crippen molar-refractivity contribution in [2.24, 2.45) is 0 Å². The molecule has 0 saturated heterocycles. The number of nitriles is 1. The number of nitrogens with zero attached hydrogens (tertiary/aromatic N) is 3. The van der Waals surface area contributed by atoms with Crippen LogP contribution in [0.3, 0.4) is 0 Å². The maximum absolute atomic E-state index is 9.15. The van der Waals surface area contributed by atoms with Crippen molar-refractivity contribution in [3.8, 4) is 23.1 Å². The average Bonchev–Trinajstić information content (AvgIpc) is 2.38. The summed E-state index contributed by atoms with van der Waals surface area (Å²) < 4.78 is 6.20. The van der Waals surface area contributed by atoms with Gasteiger partial charge in [-0.25, -0.2) is 4.98 Å². The van der Waals surface area contributed by atoms with Crippen molar-refractivity contribution in [1.82, 2.24) is 9.97 Å². The predicted octanol–water partition coefficient (Wildman–Crippen LogP) is 1.79. The largest absolute Gasteiger partial charge is 0.496 e. The molecule has 2 rings (SSSR count). The summed E-state index contributed by atoms with van der Waals surface area (Å²) in [6, 6.07) is 7.47. The molecule has 96 valence electrons. The Morgan fingerprint density at radius 1 is 1.32 bits per heavy atom. The van der Waals surface area contributed by atoms with Crippen LogP contribution in [0.5, 0.6) is 5.75 Å². The van der Waals surface area contributed by atoms with Gasteiger partial charge in [-0.05, 0) is 34.7 Å². The van der Waals surface area contributed by atoms with Crippen LogP contribution in [-0.2, 0) is 0 Å². The summed E-state index contributed by atoms with van der Waals surface area (Å²) in [5.41, 5.74) is 12.6. The van der Waals surface area contributed by atoms with Gasteiger partial charge in [0.15, 0.2) is 0 Å². The van der Waals surface area contributed by atoms with Gasteiger partial charge >= 0.3 is 0 Å². The van der Waals surface area contributed by atoms with Crippen LogP contribution in [0.1, 0.15) is 5.56 Å². The molecule has 0 bridgehead atoms. The number of nitrogen functional groups attached to an aromatic ring is 2. The van der Waals surface area contributed by atoms with Gasteiger partial charge in [0.25, 0.3) is 0 Å². The Morgan fingerprint density at radius 3 is 2.68 bits per heavy atom. The summed E-state index contributed by atoms with van der Waals surface area (Å²) in [6.45, 7) is 0. The van der Waals surface area contributed by atoms with E-state index in [4.69, 9.17) is 21.5 Å². The van der Waals surface area contributed by atoms with E-state index in [2.05, 4.69) is 32.6 Å². The Kier molecular flexibility index (Phi) is 3.71. The summed E-state index contributed by atoms with van der Waals surface area (Å²) >= 11 is 2.16. The van der Waals surface area contributed by atoms with Crippen LogP contribution in [-0.4, -0.2) is 17.1 Å². The second-order valence-corrected chi connectivity index (χ2v) is 4.81. The molecule has 0 fully saturated rings. The maximum Gasteiger partial charge on any atom is 0.222 e. The topological polar surface area (TPSA) is 111 Å². The van der Waals surface area contributed by atoms with Gasteiger partial charge in [-0.2, -0.15) is 10.2 Å². The minimum absolute atomic E-state index is 0.0315. The van der Waals surface area contributed by atoms with Crippen LogP contribution in [0.25, 0.3) is 11.3 Å². The molecule has 1 heterocycles. The molecular weight excluding hydrogens is 357 g/mol. The van der Waals surface area contributed by atoms with Gasteiger partial charge in [-0.1, -0.05) is 6.07 Å². The molecule has 0 saturated carbocycles. The molecule has 0 aliphatic rings. The fourth-order valence-corrected chi connectivity index (χ4v) is 2.18. The van der Waals surface area contributed by atoms with Crippen molar-refractivity contribution in [1.29, 1.82) is 5.26 Å². The van der Waals surface area contributed by atoms with Gasteiger partial charge < -0.3 is 16.2 Å². The van der Waals surface area contributed by atoms with Gasteiger partial charge in [-0.3, -0.25) is 0 Å². The van der Waals surface area contributed by atoms with E-state index in [-0.39, 0.29) is 17.3 Å². The first-order chi connectivity index (χ1) is 9.06. The van der Waals surface area contributed by atoms with Crippen LogP contribution in [0.4, 0.5) is 11.8 Å². The highest BCUT2D eigenvalue weighted by Crippen LogP contribution is 2.30. The second kappa shape index (κ2) is 5.27. The van der Waals surface area contributed by atoms with Gasteiger partial charge in [0.2, 0.25) is 5.95 Å². The Morgan fingerprint density at radius 2 is 2.05 bits per heavy atom. The lowest BCUT2D eigenvalue weighted by atomic mass is 10.1. The van der Waals surface area contributed by atoms with E-state index in [1.165, 1.54) is 0 Å². The quantitative estimate of drug-likeness (QED) is 0.783. The summed E-state index contributed by atoms with van der Waals surface area (Å²) in [6.07, 6.45) is 0. The normalized spacial score (nSPS) is 9.95. The number of benzene rings is 1. The molecule has 0 aliphatic heterocycles. The van der Waals surface area contributed by atoms with Crippen LogP contribution in [0.2, 0.25) is 0 Å². The van der Waals surface area contributed by atoms with Crippen LogP contribution in [0, 0.1) is 14.9 Å². The summed E-state index contributed by atoms with van der Waals surface area (Å²) in [4.78, 5) is 7.87. The number of anilines is 2. The number of methoxy groups -OCH3 is 1. The third-order valence-electron chi connectivity index (χ3n) is 2.49. The summed E-state index contributed by atoms with van der Waals surface area (Å²) in [7, 11) is 1.58. The molecule has 4 N–H and O–H groups in total. The molecule has 6 nitrogen and oxygen atoms in total. The van der Waals surface area contributed by atoms with E-state index in [9.17, 15) is 0 Å². The lowest BCUT2D eigenvalue weighted by Crippen LogP contribution is -2.05. The SMILES string of the molecule is COc1cc(-c2nc(N)nc(N)c2C#N)ccc1I. The van der Waals surface area contributed by atoms with E-state index < -0.39 is 0 Å². The Labute approximate surface area is 123 Å². The standard InChI is InChI=1S/C12H10IN5O/c1-19-9-4-6(2-3-8(9)13)10-7(5-14)11(15)18-12(16)17-10/h2-4H,1H3,(H4,15,16,17,18). The summed E-state index contributed by atoms with van der Waals surface area (Å²) in [5.74, 6) is 0.796. The summed E-state index contributed by atoms with van der Waals surface area (Å²) in [5, 5.41) is 9.15. The van der Waals surface area contributed by atoms with Crippen molar-refractivity contribution in [2.75, 3.05) is 18.6 Å². The molecule has 2 aromatic rings. The third-order valence-corrected chi connectivity index (χ3v) is 3.38. The third kappa shape index (κ3) is 2.53. The van der Waals surface area contributed by atoms with Crippen molar-refractivity contribution in [3.63, 3.8) is 0 Å². The Balaban J connectivity index is 2.68. The fraction of sp³-hybridized carbons (Fsp3) is 0.0833. The molecule has 7 heteroatoms. The van der Waals surface area contributed by atoms with E-state index in [0.29, 0.717) is 17.0 Å². The number of aromatic nitrogens is 2. The zero-order chi connectivity index (χ0) is 14.0. The van der Waals surface area contributed by atoms with E-state index >= 15 is 0 Å². The zero-order valence-electron chi connectivity index (χ0n) is 10.0. The lowest BCUT2D eigenvalue weighted by molar-refractivity contribution is 0.412. The van der Waals surface area contributed by atoms with Gasteiger partial charge in [-0.15, -0.1) is 0 Å². The highest BCUT2D eigenvalue weighted by atomic mass is 127. The van der Waals surface area contributed by atoms with Crippen molar-refractivity contribution in [2.45, 2.75) is 0 Å². The number of hydrogen-bond acceptors (Lipinski definition) is 6. The lowest BCUT2D eigenvalue weighted by Gasteiger charge is -2.09. The molecule has 1 aromatic carbocycles. The van der Waals surface area contributed by atoms with Gasteiger partial charge in [0, 0.05) is 5.56 Å². The van der Waals surface area contributed by atoms with Crippen LogP contribution < -0.4 is 16.2 Å². The van der Waals surface area contributed by atoms with Gasteiger partial charge in [0.1, 0.15) is 23.2 Å². The first kappa shape index (κ1) is 13.4. The Bertz CT molecular complexity index is 681. The van der Waals surface area contributed by atoms with E-state index in [0.717, 1.165) is 3.57 Å². The predicted molar refractivity (Wildman–Crippen MR) is 80.3 cm³/mol. The molecule has 0 spiro atoms. The van der Waals surface area contributed by atoms with Crippen molar-refractivity contribution in [3.05, 3.63) is 27.3 Å². The molecule has 0 aliphatic carbocycles. The number of nitrogens with two attached hydrogens (primary N) is 2. The smallest absolute Gasteiger partial charge is 0.222 e. The highest BCUT2D eigenvalue weighted by molar-refractivity contribution is 14.1. The number of ether oxygens (including phenoxy) is 1. The monoisotopic (exact) mass is 367 g/mol. The highest BCUT2D eigenvalue weighted by Gasteiger charge is 2.14. The van der Waals surface area contributed by atoms with E-state index in [1.54, 1.807) is 13.2 Å². The number of halogens is 1. The van der Waals surface area contributed by atoms with Crippen LogP contribution >= 0.6 is 22.6 Å². The molecule has 1 aromatic heterocycles. The fourth-order valence-electron chi connectivity index (χ4n) is 1.62. The molecule has 19 heavy (non-hydrogen) atoms. The number of hydrogen-bond donors (Lipinski definition) is 2. The minimum atomic E-state index is 0.0315. The number of rotatable bonds is 2. The maximum atomic E-state index is 9.15. The first-order valence-electron chi connectivity index (χ1n) is 5.23. The van der Waals surface area contributed by atoms with Gasteiger partial charge in [0.05, 0.1) is 16.4 Å². The van der Waals surface area contributed by atoms with Crippen molar-refractivity contribution >= 4 is 34.4 Å². The molecule has 0 unspecified atom stereocenters.